The number of aliphatic hydroxyl groups is 9. The zero-order chi connectivity index (χ0) is 26.0. The normalized spacial score (nSPS) is 51.3. The summed E-state index contributed by atoms with van der Waals surface area (Å²) in [6.45, 7) is -0.138. The first kappa shape index (κ1) is 29.0. The minimum Gasteiger partial charge on any atom is -0.394 e. The predicted octanol–water partition coefficient (Wildman–Crippen LogP) is -5.85. The van der Waals surface area contributed by atoms with E-state index in [-0.39, 0.29) is 0 Å². The molecule has 3 heterocycles. The Balaban J connectivity index is 1.61. The van der Waals surface area contributed by atoms with Crippen molar-refractivity contribution >= 4 is 0 Å². The van der Waals surface area contributed by atoms with Crippen molar-refractivity contribution < 1.29 is 74.4 Å². The number of methoxy groups -OCH3 is 1. The van der Waals surface area contributed by atoms with Gasteiger partial charge in [0, 0.05) is 7.11 Å². The van der Waals surface area contributed by atoms with E-state index in [1.54, 1.807) is 0 Å². The third-order valence-corrected chi connectivity index (χ3v) is 6.58. The Morgan fingerprint density at radius 3 is 1.69 bits per heavy atom. The summed E-state index contributed by atoms with van der Waals surface area (Å²) in [5.41, 5.74) is 0. The van der Waals surface area contributed by atoms with Crippen LogP contribution in [0.2, 0.25) is 0 Å². The Kier molecular flexibility index (Phi) is 10.2. The van der Waals surface area contributed by atoms with Gasteiger partial charge < -0.3 is 74.4 Å². The van der Waals surface area contributed by atoms with Crippen molar-refractivity contribution in [1.29, 1.82) is 0 Å². The molecule has 15 atom stereocenters. The lowest BCUT2D eigenvalue weighted by atomic mass is 9.94. The zero-order valence-corrected chi connectivity index (χ0v) is 19.3. The number of aliphatic hydroxyl groups excluding tert-OH is 9. The number of hydrogen-bond acceptors (Lipinski definition) is 15. The van der Waals surface area contributed by atoms with E-state index in [9.17, 15) is 46.0 Å². The molecular formula is C20H36O15. The molecule has 0 spiro atoms. The lowest BCUT2D eigenvalue weighted by molar-refractivity contribution is -0.347. The molecule has 3 aliphatic rings. The second kappa shape index (κ2) is 12.3. The summed E-state index contributed by atoms with van der Waals surface area (Å²) >= 11 is 0. The molecule has 9 N–H and O–H groups in total. The maximum absolute atomic E-state index is 10.7. The van der Waals surface area contributed by atoms with Crippen LogP contribution in [0.3, 0.4) is 0 Å². The number of hydrogen-bond donors (Lipinski definition) is 9. The van der Waals surface area contributed by atoms with Crippen LogP contribution in [-0.2, 0) is 28.4 Å². The molecule has 0 amide bonds. The summed E-state index contributed by atoms with van der Waals surface area (Å²) < 4.78 is 32.7. The van der Waals surface area contributed by atoms with Gasteiger partial charge in [0.2, 0.25) is 0 Å². The smallest absolute Gasteiger partial charge is 0.187 e. The van der Waals surface area contributed by atoms with E-state index in [2.05, 4.69) is 0 Å². The summed E-state index contributed by atoms with van der Waals surface area (Å²) in [6, 6.07) is 0. The fourth-order valence-corrected chi connectivity index (χ4v) is 4.42. The van der Waals surface area contributed by atoms with Crippen molar-refractivity contribution in [1.82, 2.24) is 0 Å². The molecule has 0 bridgehead atoms. The van der Waals surface area contributed by atoms with E-state index in [0.717, 1.165) is 0 Å². The van der Waals surface area contributed by atoms with Gasteiger partial charge in [0.05, 0.1) is 25.9 Å². The molecular weight excluding hydrogens is 480 g/mol. The Bertz CT molecular complexity index is 654. The molecule has 0 aromatic carbocycles. The molecule has 0 aliphatic carbocycles. The van der Waals surface area contributed by atoms with E-state index in [1.165, 1.54) is 14.0 Å². The molecule has 3 fully saturated rings. The monoisotopic (exact) mass is 516 g/mol. The summed E-state index contributed by atoms with van der Waals surface area (Å²) in [5, 5.41) is 90.0. The highest BCUT2D eigenvalue weighted by Gasteiger charge is 2.51. The minimum atomic E-state index is -1.65. The van der Waals surface area contributed by atoms with Gasteiger partial charge in [-0.05, 0) is 6.92 Å². The van der Waals surface area contributed by atoms with Crippen LogP contribution in [0.1, 0.15) is 6.92 Å². The third kappa shape index (κ3) is 5.95. The first-order valence-corrected chi connectivity index (χ1v) is 11.3. The van der Waals surface area contributed by atoms with Crippen LogP contribution < -0.4 is 0 Å². The van der Waals surface area contributed by atoms with Crippen molar-refractivity contribution in [2.24, 2.45) is 0 Å². The lowest BCUT2D eigenvalue weighted by Crippen LogP contribution is -2.64. The summed E-state index contributed by atoms with van der Waals surface area (Å²) in [4.78, 5) is 0. The third-order valence-electron chi connectivity index (χ3n) is 6.58. The highest BCUT2D eigenvalue weighted by atomic mass is 16.7. The Hall–Kier alpha value is -0.600. The van der Waals surface area contributed by atoms with Gasteiger partial charge in [-0.15, -0.1) is 0 Å². The van der Waals surface area contributed by atoms with Crippen LogP contribution in [0.25, 0.3) is 0 Å². The van der Waals surface area contributed by atoms with Crippen LogP contribution in [-0.4, -0.2) is 165 Å². The summed E-state index contributed by atoms with van der Waals surface area (Å²) in [5.74, 6) is 0. The second-order valence-electron chi connectivity index (χ2n) is 8.90. The van der Waals surface area contributed by atoms with E-state index in [0.29, 0.717) is 0 Å². The van der Waals surface area contributed by atoms with Crippen molar-refractivity contribution in [3.63, 3.8) is 0 Å². The predicted molar refractivity (Wildman–Crippen MR) is 109 cm³/mol. The van der Waals surface area contributed by atoms with Crippen molar-refractivity contribution in [2.75, 3.05) is 26.9 Å². The van der Waals surface area contributed by atoms with Crippen LogP contribution in [0.5, 0.6) is 0 Å². The average molecular weight is 516 g/mol. The largest absolute Gasteiger partial charge is 0.394 e. The van der Waals surface area contributed by atoms with E-state index in [4.69, 9.17) is 28.4 Å². The van der Waals surface area contributed by atoms with E-state index in [1.807, 2.05) is 0 Å². The van der Waals surface area contributed by atoms with Crippen LogP contribution in [0.15, 0.2) is 0 Å². The SMILES string of the molecule is COC1C(OC2C(C)OC(COC3OC(CO)C(O)C(O)C3O)C(O)C2O)OC(CO)C(O)C1O. The minimum absolute atomic E-state index is 0.407. The Labute approximate surface area is 200 Å². The van der Waals surface area contributed by atoms with E-state index < -0.39 is 112 Å². The molecule has 3 saturated heterocycles. The number of ether oxygens (including phenoxy) is 6. The average Bonchev–Trinajstić information content (AvgIpc) is 2.84. The molecule has 206 valence electrons. The van der Waals surface area contributed by atoms with Crippen LogP contribution in [0, 0.1) is 0 Å². The van der Waals surface area contributed by atoms with E-state index >= 15 is 0 Å². The van der Waals surface area contributed by atoms with Gasteiger partial charge in [-0.3, -0.25) is 0 Å². The Morgan fingerprint density at radius 1 is 0.600 bits per heavy atom. The van der Waals surface area contributed by atoms with Crippen molar-refractivity contribution in [3.8, 4) is 0 Å². The molecule has 0 aromatic rings. The molecule has 15 unspecified atom stereocenters. The first-order valence-electron chi connectivity index (χ1n) is 11.3. The Morgan fingerprint density at radius 2 is 1.11 bits per heavy atom. The molecule has 0 radical (unpaired) electrons. The first-order chi connectivity index (χ1) is 16.5. The van der Waals surface area contributed by atoms with Gasteiger partial charge in [-0.25, -0.2) is 0 Å². The van der Waals surface area contributed by atoms with Gasteiger partial charge in [0.15, 0.2) is 12.6 Å². The molecule has 35 heavy (non-hydrogen) atoms. The van der Waals surface area contributed by atoms with Gasteiger partial charge in [-0.2, -0.15) is 0 Å². The second-order valence-corrected chi connectivity index (χ2v) is 8.90. The van der Waals surface area contributed by atoms with Crippen LogP contribution in [0.4, 0.5) is 0 Å². The highest BCUT2D eigenvalue weighted by molar-refractivity contribution is 4.95. The molecule has 0 aromatic heterocycles. The quantitative estimate of drug-likeness (QED) is 0.146. The molecule has 15 nitrogen and oxygen atoms in total. The van der Waals surface area contributed by atoms with Gasteiger partial charge >= 0.3 is 0 Å². The van der Waals surface area contributed by atoms with Crippen molar-refractivity contribution in [2.45, 2.75) is 98.9 Å². The maximum Gasteiger partial charge on any atom is 0.187 e. The molecule has 15 heteroatoms. The van der Waals surface area contributed by atoms with Gasteiger partial charge in [-0.1, -0.05) is 0 Å². The summed E-state index contributed by atoms with van der Waals surface area (Å²) in [6.07, 6.45) is -20.3. The maximum atomic E-state index is 10.7. The van der Waals surface area contributed by atoms with Crippen molar-refractivity contribution in [3.05, 3.63) is 0 Å². The highest BCUT2D eigenvalue weighted by Crippen LogP contribution is 2.31. The standard InChI is InChI=1S/C20H36O15/c1-6-17(35-20-18(30-2)15(28)11(24)8(4-22)34-20)14(27)12(25)9(32-6)5-31-19-16(29)13(26)10(23)7(3-21)33-19/h6-29H,3-5H2,1-2H3. The molecule has 3 aliphatic heterocycles. The zero-order valence-electron chi connectivity index (χ0n) is 19.3. The van der Waals surface area contributed by atoms with Gasteiger partial charge in [0.1, 0.15) is 73.2 Å². The molecule has 3 rings (SSSR count). The van der Waals surface area contributed by atoms with Crippen LogP contribution >= 0.6 is 0 Å². The summed E-state index contributed by atoms with van der Waals surface area (Å²) in [7, 11) is 1.25. The van der Waals surface area contributed by atoms with Gasteiger partial charge in [0.25, 0.3) is 0 Å². The fourth-order valence-electron chi connectivity index (χ4n) is 4.42. The lowest BCUT2D eigenvalue weighted by Gasteiger charge is -2.46. The molecule has 0 saturated carbocycles. The number of rotatable bonds is 8. The fraction of sp³-hybridized carbons (Fsp3) is 1.00. The topological polar surface area (TPSA) is 237 Å².